The highest BCUT2D eigenvalue weighted by atomic mass is 79.9. The monoisotopic (exact) mass is 861 g/mol. The summed E-state index contributed by atoms with van der Waals surface area (Å²) < 4.78 is 14.7. The van der Waals surface area contributed by atoms with Crippen LogP contribution in [0.3, 0.4) is 0 Å². The van der Waals surface area contributed by atoms with Gasteiger partial charge in [-0.2, -0.15) is 0 Å². The number of carbonyl (C=O) groups is 2. The van der Waals surface area contributed by atoms with Crippen molar-refractivity contribution in [1.82, 2.24) is 0 Å². The van der Waals surface area contributed by atoms with Crippen molar-refractivity contribution in [3.05, 3.63) is 62.0 Å². The van der Waals surface area contributed by atoms with Crippen LogP contribution in [0.2, 0.25) is 36.3 Å². The molecule has 0 radical (unpaired) electrons. The summed E-state index contributed by atoms with van der Waals surface area (Å²) in [4.78, 5) is 24.4. The van der Waals surface area contributed by atoms with Crippen molar-refractivity contribution >= 4 is 76.9 Å². The number of halogens is 3. The molecule has 0 unspecified atom stereocenters. The van der Waals surface area contributed by atoms with Gasteiger partial charge in [-0.05, 0) is 116 Å². The summed E-state index contributed by atoms with van der Waals surface area (Å²) in [5, 5.41) is 0.213. The van der Waals surface area contributed by atoms with Crippen LogP contribution in [0.15, 0.2) is 45.3 Å². The fourth-order valence-corrected chi connectivity index (χ4v) is 6.38. The number of aryl methyl sites for hydroxylation is 3. The lowest BCUT2D eigenvalue weighted by atomic mass is 10.1. The normalized spacial score (nSPS) is 12.3. The molecule has 49 heavy (non-hydrogen) atoms. The van der Waals surface area contributed by atoms with Gasteiger partial charge in [0.2, 0.25) is 11.1 Å². The predicted octanol–water partition coefficient (Wildman–Crippen LogP) is 12.9. The average Bonchev–Trinajstić information content (AvgIpc) is 2.96. The first-order valence-corrected chi connectivity index (χ1v) is 25.2. The van der Waals surface area contributed by atoms with Crippen molar-refractivity contribution in [1.29, 1.82) is 0 Å². The molecule has 0 spiro atoms. The predicted molar refractivity (Wildman–Crippen MR) is 225 cm³/mol. The van der Waals surface area contributed by atoms with E-state index in [0.29, 0.717) is 18.2 Å². The highest BCUT2D eigenvalue weighted by Crippen LogP contribution is 2.37. The minimum absolute atomic E-state index is 0.0216. The third-order valence-electron chi connectivity index (χ3n) is 9.35. The van der Waals surface area contributed by atoms with Crippen LogP contribution in [0, 0.1) is 25.7 Å². The standard InChI is InChI=1S/C19H32BrNO2Si.C16H27BrOSi.C4H7ClO/c1-14(2)18(22)21(16-9-10-17(20)15(3)13-16)11-12-23-24(7,8)19(4,5)6;1-13-12-14(9-10-15(13)17)8-7-11-18-19(5,6)16(2,3)4;1-3(2)4(5)6/h9-10,13-14H,11-12H2,1-8H3;9-10,12H,7-8,11H2,1-6H3;3H,1-2H3. The van der Waals surface area contributed by atoms with E-state index in [1.807, 2.05) is 37.8 Å². The van der Waals surface area contributed by atoms with Crippen LogP contribution in [-0.4, -0.2) is 47.5 Å². The maximum Gasteiger partial charge on any atom is 0.229 e. The number of nitrogens with zero attached hydrogens (tertiary/aromatic N) is 1. The molecule has 0 atom stereocenters. The highest BCUT2D eigenvalue weighted by Gasteiger charge is 2.38. The molecule has 2 aromatic rings. The topological polar surface area (TPSA) is 55.8 Å². The van der Waals surface area contributed by atoms with E-state index in [1.165, 1.54) is 15.6 Å². The van der Waals surface area contributed by atoms with E-state index in [-0.39, 0.29) is 28.0 Å². The molecule has 1 amide bonds. The van der Waals surface area contributed by atoms with E-state index in [1.54, 1.807) is 13.8 Å². The zero-order chi connectivity index (χ0) is 38.5. The van der Waals surface area contributed by atoms with Gasteiger partial charge in [-0.15, -0.1) is 0 Å². The third-order valence-corrected chi connectivity index (χ3v) is 20.6. The van der Waals surface area contributed by atoms with E-state index in [9.17, 15) is 9.59 Å². The molecule has 0 bridgehead atoms. The Balaban J connectivity index is 0.000000821. The first kappa shape index (κ1) is 48.2. The van der Waals surface area contributed by atoms with Crippen LogP contribution in [0.1, 0.15) is 92.3 Å². The van der Waals surface area contributed by atoms with Crippen LogP contribution in [0.25, 0.3) is 0 Å². The Morgan fingerprint density at radius 3 is 1.57 bits per heavy atom. The van der Waals surface area contributed by atoms with Gasteiger partial charge in [0.15, 0.2) is 16.6 Å². The second-order valence-electron chi connectivity index (χ2n) is 16.4. The smallest absolute Gasteiger partial charge is 0.229 e. The number of carbonyl (C=O) groups excluding carboxylic acids is 2. The molecule has 0 saturated heterocycles. The van der Waals surface area contributed by atoms with Crippen LogP contribution in [0.5, 0.6) is 0 Å². The molecule has 280 valence electrons. The first-order valence-electron chi connectivity index (χ1n) is 17.4. The fraction of sp³-hybridized carbons (Fsp3) is 0.641. The molecule has 0 aliphatic rings. The van der Waals surface area contributed by atoms with Gasteiger partial charge in [0.1, 0.15) is 0 Å². The minimum Gasteiger partial charge on any atom is -0.417 e. The number of hydrogen-bond acceptors (Lipinski definition) is 4. The van der Waals surface area contributed by atoms with Gasteiger partial charge in [-0.1, -0.05) is 113 Å². The van der Waals surface area contributed by atoms with Crippen molar-refractivity contribution < 1.29 is 18.4 Å². The molecule has 0 saturated carbocycles. The summed E-state index contributed by atoms with van der Waals surface area (Å²) in [7, 11) is -3.37. The van der Waals surface area contributed by atoms with Crippen molar-refractivity contribution in [3.8, 4) is 0 Å². The number of hydrogen-bond donors (Lipinski definition) is 0. The Kier molecular flexibility index (Phi) is 20.7. The quantitative estimate of drug-likeness (QED) is 0.121. The minimum atomic E-state index is -1.80. The van der Waals surface area contributed by atoms with Crippen LogP contribution >= 0.6 is 43.5 Å². The Bertz CT molecular complexity index is 1340. The van der Waals surface area contributed by atoms with Crippen molar-refractivity contribution in [2.75, 3.05) is 24.7 Å². The molecule has 5 nitrogen and oxygen atoms in total. The lowest BCUT2D eigenvalue weighted by Gasteiger charge is -2.37. The molecule has 0 aliphatic carbocycles. The Labute approximate surface area is 324 Å². The third kappa shape index (κ3) is 17.5. The van der Waals surface area contributed by atoms with Gasteiger partial charge in [-0.3, -0.25) is 9.59 Å². The lowest BCUT2D eigenvalue weighted by molar-refractivity contribution is -0.121. The summed E-state index contributed by atoms with van der Waals surface area (Å²) in [6.07, 6.45) is 2.20. The van der Waals surface area contributed by atoms with Gasteiger partial charge in [0.25, 0.3) is 0 Å². The van der Waals surface area contributed by atoms with E-state index < -0.39 is 16.6 Å². The molecule has 0 aromatic heterocycles. The summed E-state index contributed by atoms with van der Waals surface area (Å²) in [6, 6.07) is 12.6. The van der Waals surface area contributed by atoms with Crippen LogP contribution in [0.4, 0.5) is 5.69 Å². The molecular weight excluding hydrogens is 798 g/mol. The number of amides is 1. The maximum atomic E-state index is 12.7. The average molecular weight is 864 g/mol. The van der Waals surface area contributed by atoms with Crippen molar-refractivity contribution in [3.63, 3.8) is 0 Å². The largest absolute Gasteiger partial charge is 0.417 e. The molecule has 2 rings (SSSR count). The number of anilines is 1. The lowest BCUT2D eigenvalue weighted by Crippen LogP contribution is -2.44. The molecule has 2 aromatic carbocycles. The van der Waals surface area contributed by atoms with Gasteiger partial charge >= 0.3 is 0 Å². The van der Waals surface area contributed by atoms with Gasteiger partial charge in [-0.25, -0.2) is 0 Å². The molecule has 0 N–H and O–H groups in total. The van der Waals surface area contributed by atoms with Gasteiger partial charge in [0.05, 0.1) is 6.61 Å². The Hall–Kier alpha value is -0.816. The summed E-state index contributed by atoms with van der Waals surface area (Å²) in [6.45, 7) is 36.3. The Morgan fingerprint density at radius 2 is 1.18 bits per heavy atom. The van der Waals surface area contributed by atoms with Gasteiger partial charge < -0.3 is 13.8 Å². The fourth-order valence-electron chi connectivity index (χ4n) is 3.77. The molecule has 0 heterocycles. The molecule has 0 aliphatic heterocycles. The van der Waals surface area contributed by atoms with Crippen molar-refractivity contribution in [2.45, 2.75) is 132 Å². The zero-order valence-electron chi connectivity index (χ0n) is 33.4. The van der Waals surface area contributed by atoms with Crippen LogP contribution in [-0.2, 0) is 24.9 Å². The maximum absolute atomic E-state index is 12.7. The van der Waals surface area contributed by atoms with E-state index in [4.69, 9.17) is 20.5 Å². The SMILES string of the molecule is CC(C)C(=O)Cl.Cc1cc(CCCO[Si](C)(C)C(C)(C)C)ccc1Br.Cc1cc(N(CCO[Si](C)(C)C(C)(C)C)C(=O)C(C)C)ccc1Br. The second-order valence-corrected chi connectivity index (χ2v) is 28.1. The summed E-state index contributed by atoms with van der Waals surface area (Å²) in [5.74, 6) is 0.0732. The Morgan fingerprint density at radius 1 is 0.755 bits per heavy atom. The molecule has 10 heteroatoms. The molecule has 0 fully saturated rings. The zero-order valence-corrected chi connectivity index (χ0v) is 39.3. The highest BCUT2D eigenvalue weighted by molar-refractivity contribution is 9.10. The second kappa shape index (κ2) is 21.0. The molecular formula is C39H66Br2ClNO4Si2. The van der Waals surface area contributed by atoms with E-state index >= 15 is 0 Å². The number of benzene rings is 2. The van der Waals surface area contributed by atoms with Crippen LogP contribution < -0.4 is 4.90 Å². The van der Waals surface area contributed by atoms with E-state index in [0.717, 1.165) is 35.2 Å². The summed E-state index contributed by atoms with van der Waals surface area (Å²) in [5.41, 5.74) is 4.77. The van der Waals surface area contributed by atoms with Gasteiger partial charge in [0, 0.05) is 39.6 Å². The summed E-state index contributed by atoms with van der Waals surface area (Å²) >= 11 is 12.0. The van der Waals surface area contributed by atoms with Crippen molar-refractivity contribution in [2.24, 2.45) is 11.8 Å². The first-order chi connectivity index (χ1) is 22.1. The number of rotatable bonds is 12. The van der Waals surface area contributed by atoms with E-state index in [2.05, 4.69) is 131 Å².